The van der Waals surface area contributed by atoms with Crippen LogP contribution in [0, 0.1) is 0 Å². The van der Waals surface area contributed by atoms with E-state index in [0.29, 0.717) is 30.1 Å². The lowest BCUT2D eigenvalue weighted by atomic mass is 10.0. The summed E-state index contributed by atoms with van der Waals surface area (Å²) in [6, 6.07) is 25.2. The molecule has 7 aromatic rings. The van der Waals surface area contributed by atoms with Crippen LogP contribution in [-0.4, -0.2) is 111 Å². The molecule has 9 rings (SSSR count). The van der Waals surface area contributed by atoms with Crippen molar-refractivity contribution in [1.82, 2.24) is 39.4 Å². The first-order valence-corrected chi connectivity index (χ1v) is 24.2. The minimum absolute atomic E-state index is 0.182. The van der Waals surface area contributed by atoms with Crippen molar-refractivity contribution >= 4 is 54.5 Å². The summed E-state index contributed by atoms with van der Waals surface area (Å²) < 4.78 is 33.4. The molecular weight excluding hydrogens is 893 g/mol. The molecular formula is C48H55BrN10O4S. The van der Waals surface area contributed by atoms with Crippen LogP contribution in [0.3, 0.4) is 0 Å². The number of hydrogen-bond acceptors (Lipinski definition) is 11. The Morgan fingerprint density at radius 3 is 1.64 bits per heavy atom. The number of nitrogens with one attached hydrogen (secondary N) is 1. The first-order chi connectivity index (χ1) is 30.4. The van der Waals surface area contributed by atoms with Crippen LogP contribution in [0.15, 0.2) is 119 Å². The standard InChI is InChI=1S/C25H27N5O2S.C23H28BrN5O2/c1-17-12-26-13-18(2)30(17)22-8-4-19(5-9-22)21-14-27-25-24(15-28-29(25)16-21)20-6-10-23(11-7-20)33(3,31)32;1-15-12-27(22(30)31-23(3,4)5)13-16(2)29(15)19-8-6-17(7-9-19)18-10-25-21-20(24)11-26-28(21)14-18/h4-11,14-18,26H,12-13H2,1-3H3;6-11,14-16H,12-13H2,1-5H3/t17-,18+;15-,16+. The predicted molar refractivity (Wildman–Crippen MR) is 257 cm³/mol. The Kier molecular flexibility index (Phi) is 12.6. The minimum atomic E-state index is -3.23. The van der Waals surface area contributed by atoms with E-state index in [2.05, 4.69) is 127 Å². The molecule has 0 bridgehead atoms. The summed E-state index contributed by atoms with van der Waals surface area (Å²) in [5.74, 6) is 0. The summed E-state index contributed by atoms with van der Waals surface area (Å²) in [5, 5.41) is 12.3. The van der Waals surface area contributed by atoms with E-state index in [1.54, 1.807) is 45.7 Å². The van der Waals surface area contributed by atoms with Crippen LogP contribution in [0.5, 0.6) is 0 Å². The molecule has 64 heavy (non-hydrogen) atoms. The van der Waals surface area contributed by atoms with Gasteiger partial charge < -0.3 is 24.8 Å². The van der Waals surface area contributed by atoms with Crippen molar-refractivity contribution in [3.63, 3.8) is 0 Å². The number of piperazine rings is 2. The number of carbonyl (C=O) groups is 1. The Morgan fingerprint density at radius 1 is 0.656 bits per heavy atom. The van der Waals surface area contributed by atoms with Gasteiger partial charge in [-0.1, -0.05) is 36.4 Å². The molecule has 1 N–H and O–H groups in total. The van der Waals surface area contributed by atoms with Gasteiger partial charge in [-0.05, 0) is 117 Å². The van der Waals surface area contributed by atoms with Crippen LogP contribution in [0.2, 0.25) is 0 Å². The molecule has 0 radical (unpaired) electrons. The van der Waals surface area contributed by atoms with Crippen molar-refractivity contribution in [1.29, 1.82) is 0 Å². The van der Waals surface area contributed by atoms with Gasteiger partial charge in [0.15, 0.2) is 21.1 Å². The number of rotatable bonds is 6. The summed E-state index contributed by atoms with van der Waals surface area (Å²) in [6.45, 7) is 17.7. The van der Waals surface area contributed by atoms with Crippen LogP contribution in [0.1, 0.15) is 48.5 Å². The third kappa shape index (κ3) is 9.64. The van der Waals surface area contributed by atoms with Crippen LogP contribution in [0.25, 0.3) is 44.7 Å². The summed E-state index contributed by atoms with van der Waals surface area (Å²) in [4.78, 5) is 28.6. The highest BCUT2D eigenvalue weighted by Gasteiger charge is 2.34. The zero-order valence-corrected chi connectivity index (χ0v) is 39.9. The maximum atomic E-state index is 12.5. The number of nitrogens with zero attached hydrogens (tertiary/aromatic N) is 9. The topological polar surface area (TPSA) is 143 Å². The lowest BCUT2D eigenvalue weighted by Gasteiger charge is -2.45. The van der Waals surface area contributed by atoms with Gasteiger partial charge in [0.25, 0.3) is 0 Å². The van der Waals surface area contributed by atoms with Crippen molar-refractivity contribution in [2.75, 3.05) is 42.2 Å². The molecule has 2 aliphatic rings. The summed E-state index contributed by atoms with van der Waals surface area (Å²) in [7, 11) is -3.23. The van der Waals surface area contributed by atoms with Gasteiger partial charge in [-0.3, -0.25) is 0 Å². The van der Waals surface area contributed by atoms with Crippen LogP contribution in [0.4, 0.5) is 16.2 Å². The van der Waals surface area contributed by atoms with Gasteiger partial charge in [-0.15, -0.1) is 0 Å². The van der Waals surface area contributed by atoms with E-state index in [-0.39, 0.29) is 18.2 Å². The van der Waals surface area contributed by atoms with E-state index in [1.807, 2.05) is 50.5 Å². The average molecular weight is 948 g/mol. The Balaban J connectivity index is 0.000000175. The van der Waals surface area contributed by atoms with Crippen molar-refractivity contribution < 1.29 is 17.9 Å². The normalized spacial score (nSPS) is 19.4. The van der Waals surface area contributed by atoms with Crippen molar-refractivity contribution in [3.8, 4) is 33.4 Å². The van der Waals surface area contributed by atoms with Crippen LogP contribution in [-0.2, 0) is 14.6 Å². The SMILES string of the molecule is C[C@@H]1CN(C(=O)OC(C)(C)C)C[C@H](C)N1c1ccc(-c2cnc3c(Br)cnn3c2)cc1.C[C@@H]1CNC[C@H](C)N1c1ccc(-c2cnc3c(-c4ccc(S(C)(=O)=O)cc4)cnn3c2)cc1. The van der Waals surface area contributed by atoms with Gasteiger partial charge in [0.05, 0.1) is 21.8 Å². The number of hydrogen-bond donors (Lipinski definition) is 1. The Hall–Kier alpha value is -5.84. The molecule has 4 atom stereocenters. The molecule has 2 fully saturated rings. The third-order valence-corrected chi connectivity index (χ3v) is 13.3. The van der Waals surface area contributed by atoms with Gasteiger partial charge in [-0.2, -0.15) is 10.2 Å². The van der Waals surface area contributed by atoms with E-state index < -0.39 is 15.4 Å². The molecule has 3 aromatic carbocycles. The van der Waals surface area contributed by atoms with Gasteiger partial charge >= 0.3 is 6.09 Å². The first-order valence-electron chi connectivity index (χ1n) is 21.5. The number of ether oxygens (including phenoxy) is 1. The highest BCUT2D eigenvalue weighted by Crippen LogP contribution is 2.31. The number of sulfone groups is 1. The number of amides is 1. The average Bonchev–Trinajstić information content (AvgIpc) is 3.86. The van der Waals surface area contributed by atoms with Gasteiger partial charge in [0.1, 0.15) is 5.60 Å². The highest BCUT2D eigenvalue weighted by molar-refractivity contribution is 9.10. The smallest absolute Gasteiger partial charge is 0.410 e. The molecule has 6 heterocycles. The largest absolute Gasteiger partial charge is 0.444 e. The lowest BCUT2D eigenvalue weighted by molar-refractivity contribution is 0.0193. The molecule has 2 aliphatic heterocycles. The van der Waals surface area contributed by atoms with Crippen LogP contribution < -0.4 is 15.1 Å². The number of carbonyl (C=O) groups excluding carboxylic acids is 1. The van der Waals surface area contributed by atoms with E-state index in [0.717, 1.165) is 67.9 Å². The Bertz CT molecular complexity index is 2860. The maximum Gasteiger partial charge on any atom is 0.410 e. The Labute approximate surface area is 383 Å². The van der Waals surface area contributed by atoms with Crippen molar-refractivity contribution in [2.24, 2.45) is 0 Å². The van der Waals surface area contributed by atoms with E-state index in [4.69, 9.17) is 4.74 Å². The van der Waals surface area contributed by atoms with Crippen molar-refractivity contribution in [2.45, 2.75) is 83.1 Å². The zero-order chi connectivity index (χ0) is 45.5. The number of anilines is 2. The molecule has 0 saturated carbocycles. The molecule has 2 saturated heterocycles. The Morgan fingerprint density at radius 2 is 1.12 bits per heavy atom. The molecule has 0 unspecified atom stereocenters. The molecule has 334 valence electrons. The number of aromatic nitrogens is 6. The fourth-order valence-electron chi connectivity index (χ4n) is 8.70. The third-order valence-electron chi connectivity index (χ3n) is 11.7. The highest BCUT2D eigenvalue weighted by atomic mass is 79.9. The molecule has 1 amide bonds. The molecule has 0 aliphatic carbocycles. The number of fused-ring (bicyclic) bond motifs is 2. The van der Waals surface area contributed by atoms with Gasteiger partial charge in [0, 0.05) is 109 Å². The summed E-state index contributed by atoms with van der Waals surface area (Å²) >= 11 is 3.46. The fraction of sp³-hybridized carbons (Fsp3) is 0.354. The fourth-order valence-corrected chi connectivity index (χ4v) is 9.71. The summed E-state index contributed by atoms with van der Waals surface area (Å²) in [6.07, 6.45) is 12.1. The second kappa shape index (κ2) is 18.0. The second-order valence-electron chi connectivity index (χ2n) is 17.9. The van der Waals surface area contributed by atoms with E-state index in [1.165, 1.54) is 11.9 Å². The first kappa shape index (κ1) is 44.8. The molecule has 16 heteroatoms. The van der Waals surface area contributed by atoms with E-state index in [9.17, 15) is 13.2 Å². The number of benzene rings is 3. The quantitative estimate of drug-likeness (QED) is 0.171. The van der Waals surface area contributed by atoms with E-state index >= 15 is 0 Å². The zero-order valence-electron chi connectivity index (χ0n) is 37.5. The van der Waals surface area contributed by atoms with Gasteiger partial charge in [0.2, 0.25) is 0 Å². The predicted octanol–water partition coefficient (Wildman–Crippen LogP) is 8.65. The minimum Gasteiger partial charge on any atom is -0.444 e. The molecule has 4 aromatic heterocycles. The maximum absolute atomic E-state index is 12.5. The monoisotopic (exact) mass is 946 g/mol. The van der Waals surface area contributed by atoms with Crippen molar-refractivity contribution in [3.05, 3.63) is 114 Å². The lowest BCUT2D eigenvalue weighted by Crippen LogP contribution is -2.58. The summed E-state index contributed by atoms with van der Waals surface area (Å²) in [5.41, 5.74) is 9.30. The molecule has 0 spiro atoms. The second-order valence-corrected chi connectivity index (χ2v) is 20.8. The molecule has 14 nitrogen and oxygen atoms in total. The number of halogens is 1. The van der Waals surface area contributed by atoms with Crippen LogP contribution >= 0.6 is 15.9 Å². The van der Waals surface area contributed by atoms with Gasteiger partial charge in [-0.25, -0.2) is 32.2 Å².